The van der Waals surface area contributed by atoms with E-state index in [0.29, 0.717) is 32.2 Å². The van der Waals surface area contributed by atoms with Crippen molar-refractivity contribution < 1.29 is 23.8 Å². The molecule has 3 N–H and O–H groups in total. The van der Waals surface area contributed by atoms with Gasteiger partial charge in [0.15, 0.2) is 0 Å². The molecule has 3 atom stereocenters. The van der Waals surface area contributed by atoms with Crippen LogP contribution in [0.2, 0.25) is 0 Å². The molecule has 0 spiro atoms. The van der Waals surface area contributed by atoms with Crippen LogP contribution in [0, 0.1) is 5.82 Å². The standard InChI is InChI=1S/C27H34FN3O4/c1-35-17-21-8-5-13-31(21)27(34)19-9-12-23(28)22(15-19)26(33)30-24(14-18-6-3-2-4-7-18)25(32)16-29-20-10-11-20/h2-4,6-7,9,12,15,20-21,24-25,29,32H,5,8,10-11,13-14,16-17H2,1H3,(H,30,33)/t21-,24+,25-/m1/s1. The van der Waals surface area contributed by atoms with E-state index in [0.717, 1.165) is 37.3 Å². The van der Waals surface area contributed by atoms with E-state index in [1.54, 1.807) is 12.0 Å². The normalized spacial score (nSPS) is 19.4. The predicted molar refractivity (Wildman–Crippen MR) is 131 cm³/mol. The van der Waals surface area contributed by atoms with Crippen molar-refractivity contribution in [2.75, 3.05) is 26.8 Å². The Morgan fingerprint density at radius 3 is 2.66 bits per heavy atom. The van der Waals surface area contributed by atoms with Crippen LogP contribution in [0.15, 0.2) is 48.5 Å². The molecule has 2 aromatic carbocycles. The highest BCUT2D eigenvalue weighted by atomic mass is 19.1. The lowest BCUT2D eigenvalue weighted by molar-refractivity contribution is 0.0630. The number of aliphatic hydroxyl groups excluding tert-OH is 1. The summed E-state index contributed by atoms with van der Waals surface area (Å²) < 4.78 is 19.9. The highest BCUT2D eigenvalue weighted by Crippen LogP contribution is 2.22. The van der Waals surface area contributed by atoms with Crippen molar-refractivity contribution >= 4 is 11.8 Å². The fourth-order valence-electron chi connectivity index (χ4n) is 4.58. The molecule has 7 nitrogen and oxygen atoms in total. The van der Waals surface area contributed by atoms with E-state index >= 15 is 0 Å². The van der Waals surface area contributed by atoms with Crippen molar-refractivity contribution in [2.24, 2.45) is 0 Å². The van der Waals surface area contributed by atoms with Gasteiger partial charge in [0.1, 0.15) is 5.82 Å². The molecule has 4 rings (SSSR count). The Morgan fingerprint density at radius 2 is 1.94 bits per heavy atom. The lowest BCUT2D eigenvalue weighted by Crippen LogP contribution is -2.49. The lowest BCUT2D eigenvalue weighted by Gasteiger charge is -2.26. The van der Waals surface area contributed by atoms with Gasteiger partial charge in [0.25, 0.3) is 11.8 Å². The maximum absolute atomic E-state index is 14.7. The number of hydrogen-bond acceptors (Lipinski definition) is 5. The molecule has 188 valence electrons. The number of rotatable bonds is 11. The number of ether oxygens (including phenoxy) is 1. The van der Waals surface area contributed by atoms with Crippen LogP contribution < -0.4 is 10.6 Å². The average Bonchev–Trinajstić information content (AvgIpc) is 3.59. The van der Waals surface area contributed by atoms with Crippen LogP contribution in [0.4, 0.5) is 4.39 Å². The summed E-state index contributed by atoms with van der Waals surface area (Å²) in [5.41, 5.74) is 1.000. The smallest absolute Gasteiger partial charge is 0.254 e. The summed E-state index contributed by atoms with van der Waals surface area (Å²) in [5.74, 6) is -1.61. The molecule has 1 heterocycles. The Labute approximate surface area is 205 Å². The SMILES string of the molecule is COC[C@H]1CCCN1C(=O)c1ccc(F)c(C(=O)N[C@@H](Cc2ccccc2)[C@H](O)CNC2CC2)c1. The van der Waals surface area contributed by atoms with Gasteiger partial charge in [-0.3, -0.25) is 9.59 Å². The summed E-state index contributed by atoms with van der Waals surface area (Å²) in [6.07, 6.45) is 3.43. The maximum atomic E-state index is 14.7. The van der Waals surface area contributed by atoms with Crippen molar-refractivity contribution in [2.45, 2.75) is 56.3 Å². The maximum Gasteiger partial charge on any atom is 0.254 e. The first-order valence-electron chi connectivity index (χ1n) is 12.3. The number of carbonyl (C=O) groups excluding carboxylic acids is 2. The van der Waals surface area contributed by atoms with E-state index in [2.05, 4.69) is 10.6 Å². The van der Waals surface area contributed by atoms with Gasteiger partial charge in [-0.25, -0.2) is 4.39 Å². The van der Waals surface area contributed by atoms with E-state index in [9.17, 15) is 19.1 Å². The average molecular weight is 484 g/mol. The summed E-state index contributed by atoms with van der Waals surface area (Å²) >= 11 is 0. The molecule has 0 aromatic heterocycles. The minimum atomic E-state index is -0.855. The number of amides is 2. The van der Waals surface area contributed by atoms with Crippen molar-refractivity contribution in [1.29, 1.82) is 0 Å². The van der Waals surface area contributed by atoms with Crippen molar-refractivity contribution in [3.63, 3.8) is 0 Å². The second-order valence-electron chi connectivity index (χ2n) is 9.46. The van der Waals surface area contributed by atoms with Crippen molar-refractivity contribution in [3.8, 4) is 0 Å². The molecular weight excluding hydrogens is 449 g/mol. The first kappa shape index (κ1) is 25.3. The Morgan fingerprint density at radius 1 is 1.17 bits per heavy atom. The number of carbonyl (C=O) groups is 2. The molecule has 0 radical (unpaired) electrons. The molecule has 0 bridgehead atoms. The molecule has 1 saturated carbocycles. The molecule has 35 heavy (non-hydrogen) atoms. The van der Waals surface area contributed by atoms with Gasteiger partial charge in [0.05, 0.1) is 30.4 Å². The first-order valence-corrected chi connectivity index (χ1v) is 12.3. The van der Waals surface area contributed by atoms with E-state index in [1.807, 2.05) is 30.3 Å². The lowest BCUT2D eigenvalue weighted by atomic mass is 10.00. The Bertz CT molecular complexity index is 1010. The van der Waals surface area contributed by atoms with Gasteiger partial charge in [0.2, 0.25) is 0 Å². The predicted octanol–water partition coefficient (Wildman–Crippen LogP) is 2.53. The topological polar surface area (TPSA) is 90.9 Å². The van der Waals surface area contributed by atoms with Crippen LogP contribution in [-0.4, -0.2) is 72.9 Å². The number of aliphatic hydroxyl groups is 1. The van der Waals surface area contributed by atoms with Crippen LogP contribution in [-0.2, 0) is 11.2 Å². The van der Waals surface area contributed by atoms with Gasteiger partial charge in [-0.2, -0.15) is 0 Å². The van der Waals surface area contributed by atoms with Gasteiger partial charge in [-0.05, 0) is 55.9 Å². The molecule has 1 aliphatic carbocycles. The molecular formula is C27H34FN3O4. The number of benzene rings is 2. The molecule has 0 unspecified atom stereocenters. The van der Waals surface area contributed by atoms with E-state index in [4.69, 9.17) is 4.74 Å². The van der Waals surface area contributed by atoms with Crippen LogP contribution in [0.1, 0.15) is 52.0 Å². The summed E-state index contributed by atoms with van der Waals surface area (Å²) in [4.78, 5) is 28.0. The summed E-state index contributed by atoms with van der Waals surface area (Å²) in [5, 5.41) is 16.9. The van der Waals surface area contributed by atoms with Gasteiger partial charge in [0, 0.05) is 31.8 Å². The summed E-state index contributed by atoms with van der Waals surface area (Å²) in [7, 11) is 1.60. The van der Waals surface area contributed by atoms with Crippen LogP contribution in [0.5, 0.6) is 0 Å². The monoisotopic (exact) mass is 483 g/mol. The van der Waals surface area contributed by atoms with Crippen LogP contribution in [0.25, 0.3) is 0 Å². The minimum absolute atomic E-state index is 0.0285. The number of nitrogens with one attached hydrogen (secondary N) is 2. The molecule has 2 fully saturated rings. The van der Waals surface area contributed by atoms with E-state index in [1.165, 1.54) is 12.1 Å². The third kappa shape index (κ3) is 6.66. The zero-order chi connectivity index (χ0) is 24.8. The largest absolute Gasteiger partial charge is 0.390 e. The van der Waals surface area contributed by atoms with Crippen LogP contribution >= 0.6 is 0 Å². The van der Waals surface area contributed by atoms with Crippen LogP contribution in [0.3, 0.4) is 0 Å². The van der Waals surface area contributed by atoms with E-state index < -0.39 is 23.9 Å². The Balaban J connectivity index is 1.50. The Kier molecular flexibility index (Phi) is 8.49. The number of hydrogen-bond donors (Lipinski definition) is 3. The number of likely N-dealkylation sites (tertiary alicyclic amines) is 1. The molecule has 2 aromatic rings. The quantitative estimate of drug-likeness (QED) is 0.457. The zero-order valence-electron chi connectivity index (χ0n) is 20.1. The fourth-order valence-corrected chi connectivity index (χ4v) is 4.58. The van der Waals surface area contributed by atoms with Gasteiger partial charge >= 0.3 is 0 Å². The van der Waals surface area contributed by atoms with Crippen molar-refractivity contribution in [1.82, 2.24) is 15.5 Å². The number of halogens is 1. The summed E-state index contributed by atoms with van der Waals surface area (Å²) in [6, 6.07) is 13.2. The second kappa shape index (κ2) is 11.7. The third-order valence-electron chi connectivity index (χ3n) is 6.73. The molecule has 2 amide bonds. The molecule has 1 saturated heterocycles. The van der Waals surface area contributed by atoms with Gasteiger partial charge < -0.3 is 25.4 Å². The first-order chi connectivity index (χ1) is 17.0. The zero-order valence-corrected chi connectivity index (χ0v) is 20.1. The highest BCUT2D eigenvalue weighted by Gasteiger charge is 2.31. The number of nitrogens with zero attached hydrogens (tertiary/aromatic N) is 1. The van der Waals surface area contributed by atoms with Gasteiger partial charge in [-0.15, -0.1) is 0 Å². The van der Waals surface area contributed by atoms with E-state index in [-0.39, 0.29) is 23.1 Å². The molecule has 8 heteroatoms. The minimum Gasteiger partial charge on any atom is -0.390 e. The Hall–Kier alpha value is -2.81. The summed E-state index contributed by atoms with van der Waals surface area (Å²) in [6.45, 7) is 1.37. The fraction of sp³-hybridized carbons (Fsp3) is 0.481. The van der Waals surface area contributed by atoms with Crippen molar-refractivity contribution in [3.05, 3.63) is 71.0 Å². The molecule has 2 aliphatic rings. The third-order valence-corrected chi connectivity index (χ3v) is 6.73. The van der Waals surface area contributed by atoms with Gasteiger partial charge in [-0.1, -0.05) is 30.3 Å². The second-order valence-corrected chi connectivity index (χ2v) is 9.46. The number of methoxy groups -OCH3 is 1. The highest BCUT2D eigenvalue weighted by molar-refractivity contribution is 6.00. The molecule has 1 aliphatic heterocycles.